The maximum atomic E-state index is 13.2. The Bertz CT molecular complexity index is 606. The van der Waals surface area contributed by atoms with Gasteiger partial charge in [-0.2, -0.15) is 0 Å². The number of anilines is 1. The van der Waals surface area contributed by atoms with Crippen LogP contribution < -0.4 is 16.3 Å². The summed E-state index contributed by atoms with van der Waals surface area (Å²) < 4.78 is 26.2. The predicted molar refractivity (Wildman–Crippen MR) is 61.1 cm³/mol. The zero-order valence-electron chi connectivity index (χ0n) is 9.98. The van der Waals surface area contributed by atoms with Crippen molar-refractivity contribution in [2.24, 2.45) is 5.84 Å². The van der Waals surface area contributed by atoms with Crippen LogP contribution in [0, 0.1) is 11.6 Å². The number of fused-ring (bicyclic) bond motifs is 1. The third kappa shape index (κ3) is 2.36. The summed E-state index contributed by atoms with van der Waals surface area (Å²) in [6.45, 7) is -0.219. The molecule has 106 valence electrons. The van der Waals surface area contributed by atoms with Gasteiger partial charge >= 0.3 is 5.97 Å². The number of halogens is 2. The van der Waals surface area contributed by atoms with Crippen LogP contribution in [0.5, 0.6) is 0 Å². The lowest BCUT2D eigenvalue weighted by Crippen LogP contribution is -2.33. The number of amides is 1. The Balaban J connectivity index is 2.24. The van der Waals surface area contributed by atoms with Crippen molar-refractivity contribution in [3.8, 4) is 0 Å². The number of nitrogens with one attached hydrogen (secondary N) is 1. The monoisotopic (exact) mass is 285 g/mol. The van der Waals surface area contributed by atoms with Gasteiger partial charge in [-0.3, -0.25) is 14.4 Å². The number of Topliss-reactive ketones (excluding diaryl/α,β-unsaturated/α-hetero) is 1. The van der Waals surface area contributed by atoms with Crippen LogP contribution in [-0.4, -0.2) is 24.2 Å². The van der Waals surface area contributed by atoms with Gasteiger partial charge in [-0.25, -0.2) is 14.6 Å². The molecule has 1 aliphatic rings. The van der Waals surface area contributed by atoms with Crippen molar-refractivity contribution in [2.75, 3.05) is 11.4 Å². The molecule has 0 spiro atoms. The van der Waals surface area contributed by atoms with E-state index in [2.05, 4.69) is 4.84 Å². The summed E-state index contributed by atoms with van der Waals surface area (Å²) in [4.78, 5) is 39.5. The van der Waals surface area contributed by atoms with Crippen molar-refractivity contribution in [1.82, 2.24) is 5.59 Å². The minimum Gasteiger partial charge on any atom is -0.356 e. The zero-order chi connectivity index (χ0) is 14.9. The van der Waals surface area contributed by atoms with E-state index in [1.165, 1.54) is 0 Å². The van der Waals surface area contributed by atoms with E-state index in [4.69, 9.17) is 5.84 Å². The van der Waals surface area contributed by atoms with Crippen molar-refractivity contribution in [1.29, 1.82) is 0 Å². The highest BCUT2D eigenvalue weighted by Crippen LogP contribution is 2.31. The molecule has 1 heterocycles. The van der Waals surface area contributed by atoms with E-state index in [0.717, 1.165) is 11.0 Å². The lowest BCUT2D eigenvalue weighted by molar-refractivity contribution is -0.150. The minimum absolute atomic E-state index is 0.0765. The molecule has 0 radical (unpaired) electrons. The first kappa shape index (κ1) is 14.0. The second-order valence-electron chi connectivity index (χ2n) is 3.91. The van der Waals surface area contributed by atoms with Gasteiger partial charge in [0.05, 0.1) is 17.7 Å². The molecule has 0 saturated carbocycles. The Labute approximate surface area is 111 Å². The standard InChI is InChI=1S/C11H9F2N3O4/c12-6-3-5-8(4-7(6)13)16(11(19)10(5)18)2-1-9(17)20-15-14/h3-4,15H,1-2,14H2. The normalized spacial score (nSPS) is 13.7. The molecule has 2 rings (SSSR count). The quantitative estimate of drug-likeness (QED) is 0.451. The van der Waals surface area contributed by atoms with Gasteiger partial charge in [-0.1, -0.05) is 5.59 Å². The third-order valence-corrected chi connectivity index (χ3v) is 2.73. The van der Waals surface area contributed by atoms with E-state index in [9.17, 15) is 23.2 Å². The number of hydrogen-bond acceptors (Lipinski definition) is 6. The number of carbonyl (C=O) groups is 3. The smallest absolute Gasteiger partial charge is 0.328 e. The summed E-state index contributed by atoms with van der Waals surface area (Å²) in [7, 11) is 0. The Morgan fingerprint density at radius 2 is 1.95 bits per heavy atom. The Kier molecular flexibility index (Phi) is 3.72. The van der Waals surface area contributed by atoms with Gasteiger partial charge < -0.3 is 9.74 Å². The minimum atomic E-state index is -1.22. The molecule has 0 aromatic heterocycles. The molecule has 0 bridgehead atoms. The van der Waals surface area contributed by atoms with E-state index >= 15 is 0 Å². The van der Waals surface area contributed by atoms with Gasteiger partial charge in [-0.05, 0) is 6.07 Å². The molecule has 1 aromatic carbocycles. The molecule has 7 nitrogen and oxygen atoms in total. The van der Waals surface area contributed by atoms with Crippen molar-refractivity contribution in [3.05, 3.63) is 29.3 Å². The Morgan fingerprint density at radius 1 is 1.30 bits per heavy atom. The highest BCUT2D eigenvalue weighted by atomic mass is 19.2. The number of hydrogen-bond donors (Lipinski definition) is 2. The number of ketones is 1. The lowest BCUT2D eigenvalue weighted by atomic mass is 10.1. The summed E-state index contributed by atoms with van der Waals surface area (Å²) >= 11 is 0. The summed E-state index contributed by atoms with van der Waals surface area (Å²) in [6.07, 6.45) is -0.276. The molecule has 0 aliphatic carbocycles. The SMILES string of the molecule is NNOC(=O)CCN1C(=O)C(=O)c2cc(F)c(F)cc21. The van der Waals surface area contributed by atoms with Gasteiger partial charge in [0.25, 0.3) is 11.7 Å². The fourth-order valence-corrected chi connectivity index (χ4v) is 1.83. The second kappa shape index (κ2) is 5.31. The average molecular weight is 285 g/mol. The topological polar surface area (TPSA) is 102 Å². The first-order valence-corrected chi connectivity index (χ1v) is 5.46. The molecule has 0 fully saturated rings. The van der Waals surface area contributed by atoms with Crippen LogP contribution in [0.15, 0.2) is 12.1 Å². The van der Waals surface area contributed by atoms with Crippen LogP contribution in [0.25, 0.3) is 0 Å². The molecule has 0 atom stereocenters. The molecule has 3 N–H and O–H groups in total. The number of nitrogens with zero attached hydrogens (tertiary/aromatic N) is 1. The molecular weight excluding hydrogens is 276 g/mol. The number of hydrazine groups is 1. The van der Waals surface area contributed by atoms with E-state index in [1.807, 2.05) is 0 Å². The third-order valence-electron chi connectivity index (χ3n) is 2.73. The molecule has 1 amide bonds. The fraction of sp³-hybridized carbons (Fsp3) is 0.182. The molecule has 9 heteroatoms. The zero-order valence-corrected chi connectivity index (χ0v) is 9.98. The first-order valence-electron chi connectivity index (χ1n) is 5.46. The van der Waals surface area contributed by atoms with E-state index < -0.39 is 29.3 Å². The molecular formula is C11H9F2N3O4. The van der Waals surface area contributed by atoms with Gasteiger partial charge in [-0.15, -0.1) is 0 Å². The summed E-state index contributed by atoms with van der Waals surface area (Å²) in [5, 5.41) is 0. The molecule has 1 aliphatic heterocycles. The summed E-state index contributed by atoms with van der Waals surface area (Å²) in [5.74, 6) is -0.348. The van der Waals surface area contributed by atoms with Crippen molar-refractivity contribution in [3.63, 3.8) is 0 Å². The summed E-state index contributed by atoms with van der Waals surface area (Å²) in [6, 6.07) is 1.39. The van der Waals surface area contributed by atoms with Crippen LogP contribution in [0.2, 0.25) is 0 Å². The largest absolute Gasteiger partial charge is 0.356 e. The maximum Gasteiger partial charge on any atom is 0.328 e. The van der Waals surface area contributed by atoms with Gasteiger partial charge in [0.1, 0.15) is 0 Å². The lowest BCUT2D eigenvalue weighted by Gasteiger charge is -2.15. The average Bonchev–Trinajstić information content (AvgIpc) is 2.62. The number of rotatable bonds is 4. The predicted octanol–water partition coefficient (Wildman–Crippen LogP) is -0.194. The summed E-state index contributed by atoms with van der Waals surface area (Å²) in [5.41, 5.74) is 1.36. The Morgan fingerprint density at radius 3 is 2.60 bits per heavy atom. The fourth-order valence-electron chi connectivity index (χ4n) is 1.83. The number of benzene rings is 1. The van der Waals surface area contributed by atoms with Crippen molar-refractivity contribution < 1.29 is 28.0 Å². The van der Waals surface area contributed by atoms with E-state index in [0.29, 0.717) is 6.07 Å². The first-order chi connectivity index (χ1) is 9.45. The Hall–Kier alpha value is -2.39. The second-order valence-corrected chi connectivity index (χ2v) is 3.91. The van der Waals surface area contributed by atoms with Crippen LogP contribution in [-0.2, 0) is 14.4 Å². The van der Waals surface area contributed by atoms with Crippen LogP contribution in [0.3, 0.4) is 0 Å². The maximum absolute atomic E-state index is 13.2. The molecule has 0 saturated heterocycles. The molecule has 0 unspecified atom stereocenters. The van der Waals surface area contributed by atoms with Crippen LogP contribution in [0.1, 0.15) is 16.8 Å². The number of carbonyl (C=O) groups excluding carboxylic acids is 3. The molecule has 1 aromatic rings. The highest BCUT2D eigenvalue weighted by Gasteiger charge is 2.37. The van der Waals surface area contributed by atoms with Gasteiger partial charge in [0.15, 0.2) is 11.6 Å². The van der Waals surface area contributed by atoms with Crippen LogP contribution >= 0.6 is 0 Å². The van der Waals surface area contributed by atoms with Gasteiger partial charge in [0, 0.05) is 12.6 Å². The van der Waals surface area contributed by atoms with Crippen LogP contribution in [0.4, 0.5) is 14.5 Å². The van der Waals surface area contributed by atoms with Crippen molar-refractivity contribution >= 4 is 23.3 Å². The van der Waals surface area contributed by atoms with E-state index in [-0.39, 0.29) is 24.2 Å². The van der Waals surface area contributed by atoms with Crippen molar-refractivity contribution in [2.45, 2.75) is 6.42 Å². The molecule has 20 heavy (non-hydrogen) atoms. The van der Waals surface area contributed by atoms with Gasteiger partial charge in [0.2, 0.25) is 0 Å². The van der Waals surface area contributed by atoms with E-state index in [1.54, 1.807) is 5.59 Å². The highest BCUT2D eigenvalue weighted by molar-refractivity contribution is 6.52. The number of nitrogens with two attached hydrogens (primary N) is 1.